The highest BCUT2D eigenvalue weighted by Crippen LogP contribution is 2.24. The zero-order valence-electron chi connectivity index (χ0n) is 11.5. The molecule has 1 aromatic carbocycles. The maximum Gasteiger partial charge on any atom is 0.340 e. The predicted octanol–water partition coefficient (Wildman–Crippen LogP) is 3.17. The van der Waals surface area contributed by atoms with Crippen LogP contribution < -0.4 is 5.73 Å². The molecule has 0 radical (unpaired) electrons. The van der Waals surface area contributed by atoms with Crippen LogP contribution in [0.3, 0.4) is 0 Å². The molecule has 0 unspecified atom stereocenters. The number of nitrogens with zero attached hydrogens (tertiary/aromatic N) is 2. The van der Waals surface area contributed by atoms with E-state index in [2.05, 4.69) is 26.1 Å². The van der Waals surface area contributed by atoms with Crippen LogP contribution in [0.15, 0.2) is 43.8 Å². The number of benzene rings is 1. The Morgan fingerprint density at radius 2 is 2.09 bits per heavy atom. The second-order valence-corrected chi connectivity index (χ2v) is 5.19. The third-order valence-electron chi connectivity index (χ3n) is 2.81. The molecule has 23 heavy (non-hydrogen) atoms. The van der Waals surface area contributed by atoms with E-state index in [-0.39, 0.29) is 29.6 Å². The van der Waals surface area contributed by atoms with Crippen molar-refractivity contribution in [2.45, 2.75) is 6.61 Å². The molecule has 7 nitrogen and oxygen atoms in total. The number of ether oxygens (including phenoxy) is 1. The van der Waals surface area contributed by atoms with E-state index in [1.54, 1.807) is 12.1 Å². The van der Waals surface area contributed by atoms with Gasteiger partial charge in [0.1, 0.15) is 5.82 Å². The van der Waals surface area contributed by atoms with Gasteiger partial charge >= 0.3 is 5.97 Å². The minimum absolute atomic E-state index is 0.0124. The van der Waals surface area contributed by atoms with Crippen molar-refractivity contribution in [1.29, 1.82) is 0 Å². The molecule has 2 heterocycles. The number of rotatable bonds is 4. The van der Waals surface area contributed by atoms with Crippen LogP contribution >= 0.6 is 15.9 Å². The van der Waals surface area contributed by atoms with Gasteiger partial charge in [-0.2, -0.15) is 0 Å². The number of carbonyl (C=O) groups is 1. The molecule has 9 heteroatoms. The van der Waals surface area contributed by atoms with Crippen molar-refractivity contribution < 1.29 is 22.8 Å². The number of anilines is 1. The first-order valence-corrected chi connectivity index (χ1v) is 7.12. The van der Waals surface area contributed by atoms with Gasteiger partial charge in [0.15, 0.2) is 17.0 Å². The molecule has 0 saturated heterocycles. The Morgan fingerprint density at radius 1 is 1.26 bits per heavy atom. The molecule has 3 rings (SSSR count). The first kappa shape index (κ1) is 15.2. The van der Waals surface area contributed by atoms with Gasteiger partial charge in [0.25, 0.3) is 11.8 Å². The summed E-state index contributed by atoms with van der Waals surface area (Å²) in [6.07, 6.45) is 0. The molecule has 0 amide bonds. The molecule has 0 atom stereocenters. The molecule has 0 saturated carbocycles. The third kappa shape index (κ3) is 3.39. The van der Waals surface area contributed by atoms with E-state index in [1.165, 1.54) is 6.07 Å². The van der Waals surface area contributed by atoms with Crippen molar-refractivity contribution in [2.75, 3.05) is 5.73 Å². The molecule has 0 aliphatic carbocycles. The molecule has 0 fully saturated rings. The number of furan rings is 1. The number of carbonyl (C=O) groups excluding carboxylic acids is 1. The second-order valence-electron chi connectivity index (χ2n) is 4.41. The van der Waals surface area contributed by atoms with Gasteiger partial charge in [-0.15, -0.1) is 10.2 Å². The molecule has 0 bridgehead atoms. The number of halogens is 2. The lowest BCUT2D eigenvalue weighted by atomic mass is 10.2. The van der Waals surface area contributed by atoms with Crippen molar-refractivity contribution in [3.8, 4) is 11.7 Å². The van der Waals surface area contributed by atoms with Crippen LogP contribution in [0.5, 0.6) is 0 Å². The first-order chi connectivity index (χ1) is 11.0. The molecule has 0 aliphatic rings. The van der Waals surface area contributed by atoms with Crippen molar-refractivity contribution in [2.24, 2.45) is 0 Å². The highest BCUT2D eigenvalue weighted by atomic mass is 79.9. The Bertz CT molecular complexity index is 861. The van der Waals surface area contributed by atoms with Gasteiger partial charge in [-0.05, 0) is 46.3 Å². The van der Waals surface area contributed by atoms with E-state index < -0.39 is 11.8 Å². The van der Waals surface area contributed by atoms with Crippen molar-refractivity contribution in [1.82, 2.24) is 10.2 Å². The Morgan fingerprint density at radius 3 is 2.78 bits per heavy atom. The number of hydrogen-bond donors (Lipinski definition) is 1. The highest BCUT2D eigenvalue weighted by molar-refractivity contribution is 9.10. The van der Waals surface area contributed by atoms with E-state index in [0.717, 1.165) is 12.1 Å². The lowest BCUT2D eigenvalue weighted by Crippen LogP contribution is -2.08. The quantitative estimate of drug-likeness (QED) is 0.546. The van der Waals surface area contributed by atoms with Crippen molar-refractivity contribution in [3.05, 3.63) is 52.3 Å². The molecule has 2 N–H and O–H groups in total. The maximum atomic E-state index is 12.9. The summed E-state index contributed by atoms with van der Waals surface area (Å²) < 4.78 is 29.1. The van der Waals surface area contributed by atoms with E-state index in [1.807, 2.05) is 0 Å². The summed E-state index contributed by atoms with van der Waals surface area (Å²) in [5.74, 6) is -0.637. The molecule has 0 aliphatic heterocycles. The number of esters is 1. The van der Waals surface area contributed by atoms with E-state index in [0.29, 0.717) is 10.4 Å². The van der Waals surface area contributed by atoms with Crippen LogP contribution in [0, 0.1) is 5.82 Å². The van der Waals surface area contributed by atoms with Gasteiger partial charge in [-0.1, -0.05) is 0 Å². The fourth-order valence-corrected chi connectivity index (χ4v) is 2.07. The Balaban J connectivity index is 1.66. The van der Waals surface area contributed by atoms with Crippen LogP contribution in [0.2, 0.25) is 0 Å². The van der Waals surface area contributed by atoms with Gasteiger partial charge in [0.2, 0.25) is 0 Å². The Labute approximate surface area is 137 Å². The molecule has 3 aromatic rings. The Hall–Kier alpha value is -2.68. The third-order valence-corrected chi connectivity index (χ3v) is 3.24. The van der Waals surface area contributed by atoms with Crippen molar-refractivity contribution in [3.63, 3.8) is 0 Å². The van der Waals surface area contributed by atoms with Crippen LogP contribution in [-0.2, 0) is 11.3 Å². The van der Waals surface area contributed by atoms with Crippen molar-refractivity contribution >= 4 is 27.6 Å². The minimum Gasteiger partial charge on any atom is -0.452 e. The molecule has 118 valence electrons. The SMILES string of the molecule is Nc1cc(F)ccc1C(=O)OCc1nnc(-c2ccc(Br)o2)o1. The topological polar surface area (TPSA) is 104 Å². The summed E-state index contributed by atoms with van der Waals surface area (Å²) in [4.78, 5) is 11.9. The largest absolute Gasteiger partial charge is 0.452 e. The predicted molar refractivity (Wildman–Crippen MR) is 79.6 cm³/mol. The average Bonchev–Trinajstić information content (AvgIpc) is 3.13. The zero-order chi connectivity index (χ0) is 16.4. The first-order valence-electron chi connectivity index (χ1n) is 6.33. The second kappa shape index (κ2) is 6.21. The number of nitrogen functional groups attached to an aromatic ring is 1. The monoisotopic (exact) mass is 381 g/mol. The number of hydrogen-bond acceptors (Lipinski definition) is 7. The lowest BCUT2D eigenvalue weighted by molar-refractivity contribution is 0.0440. The van der Waals surface area contributed by atoms with Gasteiger partial charge < -0.3 is 19.3 Å². The molecule has 0 spiro atoms. The van der Waals surface area contributed by atoms with E-state index in [9.17, 15) is 9.18 Å². The van der Waals surface area contributed by atoms with Gasteiger partial charge in [-0.3, -0.25) is 0 Å². The summed E-state index contributed by atoms with van der Waals surface area (Å²) in [6.45, 7) is -0.246. The summed E-state index contributed by atoms with van der Waals surface area (Å²) in [7, 11) is 0. The van der Waals surface area contributed by atoms with Crippen LogP contribution in [0.4, 0.5) is 10.1 Å². The van der Waals surface area contributed by atoms with Crippen LogP contribution in [0.25, 0.3) is 11.7 Å². The molecule has 2 aromatic heterocycles. The van der Waals surface area contributed by atoms with E-state index in [4.69, 9.17) is 19.3 Å². The standard InChI is InChI=1S/C14H9BrFN3O4/c15-11-4-3-10(22-11)13-19-18-12(23-13)6-21-14(20)8-2-1-7(16)5-9(8)17/h1-5H,6,17H2. The molecular weight excluding hydrogens is 373 g/mol. The maximum absolute atomic E-state index is 12.9. The van der Waals surface area contributed by atoms with Gasteiger partial charge in [0.05, 0.1) is 5.56 Å². The summed E-state index contributed by atoms with van der Waals surface area (Å²) >= 11 is 3.16. The van der Waals surface area contributed by atoms with E-state index >= 15 is 0 Å². The smallest absolute Gasteiger partial charge is 0.340 e. The zero-order valence-corrected chi connectivity index (χ0v) is 13.0. The number of nitrogens with two attached hydrogens (primary N) is 1. The van der Waals surface area contributed by atoms with Gasteiger partial charge in [0, 0.05) is 5.69 Å². The van der Waals surface area contributed by atoms with Crippen LogP contribution in [0.1, 0.15) is 16.2 Å². The Kier molecular flexibility index (Phi) is 4.11. The van der Waals surface area contributed by atoms with Crippen LogP contribution in [-0.4, -0.2) is 16.2 Å². The fourth-order valence-electron chi connectivity index (χ4n) is 1.77. The average molecular weight is 382 g/mol. The summed E-state index contributed by atoms with van der Waals surface area (Å²) in [5, 5.41) is 7.53. The van der Waals surface area contributed by atoms with Gasteiger partial charge in [-0.25, -0.2) is 9.18 Å². The molecular formula is C14H9BrFN3O4. The number of aromatic nitrogens is 2. The summed E-state index contributed by atoms with van der Waals surface area (Å²) in [6, 6.07) is 6.72. The lowest BCUT2D eigenvalue weighted by Gasteiger charge is -2.04. The summed E-state index contributed by atoms with van der Waals surface area (Å²) in [5.41, 5.74) is 5.61. The normalized spacial score (nSPS) is 10.7. The minimum atomic E-state index is -0.719. The fraction of sp³-hybridized carbons (Fsp3) is 0.0714. The highest BCUT2D eigenvalue weighted by Gasteiger charge is 2.16.